The van der Waals surface area contributed by atoms with E-state index >= 15 is 0 Å². The first-order valence-corrected chi connectivity index (χ1v) is 7.80. The minimum Gasteiger partial charge on any atom is -0.373 e. The van der Waals surface area contributed by atoms with Crippen LogP contribution in [0.25, 0.3) is 0 Å². The highest BCUT2D eigenvalue weighted by molar-refractivity contribution is 6.42. The molecule has 1 aliphatic carbocycles. The molecule has 1 aromatic carbocycles. The average molecular weight is 300 g/mol. The van der Waals surface area contributed by atoms with Gasteiger partial charge in [0.05, 0.1) is 16.1 Å². The number of ether oxygens (including phenoxy) is 1. The Morgan fingerprint density at radius 1 is 1.21 bits per heavy atom. The third-order valence-electron chi connectivity index (χ3n) is 3.98. The third kappa shape index (κ3) is 3.25. The van der Waals surface area contributed by atoms with Crippen LogP contribution in [0.3, 0.4) is 0 Å². The van der Waals surface area contributed by atoms with Crippen LogP contribution in [0, 0.1) is 5.92 Å². The first-order valence-electron chi connectivity index (χ1n) is 7.04. The smallest absolute Gasteiger partial charge is 0.0880 e. The second-order valence-electron chi connectivity index (χ2n) is 5.52. The molecule has 0 spiro atoms. The van der Waals surface area contributed by atoms with Gasteiger partial charge >= 0.3 is 0 Å². The molecular weight excluding hydrogens is 281 g/mol. The predicted molar refractivity (Wildman–Crippen MR) is 78.9 cm³/mol. The Hall–Kier alpha value is -0.280. The van der Waals surface area contributed by atoms with Gasteiger partial charge in [0.15, 0.2) is 0 Å². The van der Waals surface area contributed by atoms with E-state index in [4.69, 9.17) is 27.9 Å². The van der Waals surface area contributed by atoms with Gasteiger partial charge in [-0.25, -0.2) is 0 Å². The molecule has 19 heavy (non-hydrogen) atoms. The fraction of sp³-hybridized carbons (Fsp3) is 0.600. The topological polar surface area (TPSA) is 21.3 Å². The summed E-state index contributed by atoms with van der Waals surface area (Å²) >= 11 is 12.4. The molecule has 1 aliphatic heterocycles. The van der Waals surface area contributed by atoms with E-state index in [0.717, 1.165) is 31.2 Å². The number of hydrogen-bond acceptors (Lipinski definition) is 2. The summed E-state index contributed by atoms with van der Waals surface area (Å²) in [6.45, 7) is 1.83. The first-order chi connectivity index (χ1) is 9.25. The van der Waals surface area contributed by atoms with Crippen molar-refractivity contribution in [3.8, 4) is 0 Å². The lowest BCUT2D eigenvalue weighted by Gasteiger charge is -2.33. The van der Waals surface area contributed by atoms with Gasteiger partial charge in [0, 0.05) is 30.7 Å². The summed E-state index contributed by atoms with van der Waals surface area (Å²) in [5.74, 6) is 0.491. The fourth-order valence-corrected chi connectivity index (χ4v) is 3.16. The molecule has 1 N–H and O–H groups in total. The summed E-state index contributed by atoms with van der Waals surface area (Å²) in [4.78, 5) is 0. The molecule has 1 aromatic rings. The Labute approximate surface area is 124 Å². The predicted octanol–water partition coefficient (Wildman–Crippen LogP) is 4.21. The second kappa shape index (κ2) is 6.01. The molecule has 1 heterocycles. The molecule has 0 aromatic heterocycles. The molecule has 3 rings (SSSR count). The van der Waals surface area contributed by atoms with Gasteiger partial charge in [-0.3, -0.25) is 0 Å². The van der Waals surface area contributed by atoms with Crippen LogP contribution in [0.2, 0.25) is 10.0 Å². The molecule has 2 fully saturated rings. The Kier molecular flexibility index (Phi) is 4.33. The molecule has 2 unspecified atom stereocenters. The summed E-state index contributed by atoms with van der Waals surface area (Å²) in [7, 11) is 0. The molecule has 2 atom stereocenters. The molecule has 2 aliphatic rings. The van der Waals surface area contributed by atoms with Crippen LogP contribution in [-0.4, -0.2) is 19.2 Å². The van der Waals surface area contributed by atoms with Gasteiger partial charge in [0.1, 0.15) is 0 Å². The zero-order valence-electron chi connectivity index (χ0n) is 10.9. The Bertz CT molecular complexity index is 448. The molecule has 0 bridgehead atoms. The first kappa shape index (κ1) is 13.7. The minimum atomic E-state index is 0.0752. The number of nitrogens with one attached hydrogen (secondary N) is 1. The van der Waals surface area contributed by atoms with Crippen molar-refractivity contribution in [1.29, 1.82) is 0 Å². The van der Waals surface area contributed by atoms with Gasteiger partial charge in [-0.15, -0.1) is 0 Å². The third-order valence-corrected chi connectivity index (χ3v) is 4.81. The van der Waals surface area contributed by atoms with E-state index in [2.05, 4.69) is 5.32 Å². The fourth-order valence-electron chi connectivity index (χ4n) is 2.74. The zero-order valence-corrected chi connectivity index (χ0v) is 12.4. The van der Waals surface area contributed by atoms with Gasteiger partial charge < -0.3 is 10.1 Å². The lowest BCUT2D eigenvalue weighted by Crippen LogP contribution is -2.33. The van der Waals surface area contributed by atoms with E-state index in [1.54, 1.807) is 0 Å². The van der Waals surface area contributed by atoms with E-state index in [-0.39, 0.29) is 6.10 Å². The van der Waals surface area contributed by atoms with Crippen molar-refractivity contribution >= 4 is 23.2 Å². The van der Waals surface area contributed by atoms with Crippen LogP contribution in [0.5, 0.6) is 0 Å². The standard InChI is InChI=1S/C15H19Cl2NO/c16-13-5-1-4-12(14(13)17)15-10(3-2-8-19-15)9-18-11-6-7-11/h1,4-5,10-11,15,18H,2-3,6-9H2. The van der Waals surface area contributed by atoms with Crippen molar-refractivity contribution in [3.05, 3.63) is 33.8 Å². The molecule has 1 saturated heterocycles. The Morgan fingerprint density at radius 2 is 2.05 bits per heavy atom. The maximum absolute atomic E-state index is 6.33. The van der Waals surface area contributed by atoms with Crippen LogP contribution in [0.1, 0.15) is 37.4 Å². The lowest BCUT2D eigenvalue weighted by molar-refractivity contribution is -0.0278. The van der Waals surface area contributed by atoms with Gasteiger partial charge in [-0.2, -0.15) is 0 Å². The van der Waals surface area contributed by atoms with Gasteiger partial charge in [-0.1, -0.05) is 35.3 Å². The zero-order chi connectivity index (χ0) is 13.2. The van der Waals surface area contributed by atoms with Crippen molar-refractivity contribution in [2.75, 3.05) is 13.2 Å². The summed E-state index contributed by atoms with van der Waals surface area (Å²) in [6, 6.07) is 6.55. The number of benzene rings is 1. The molecule has 0 amide bonds. The van der Waals surface area contributed by atoms with E-state index in [9.17, 15) is 0 Å². The Balaban J connectivity index is 1.76. The van der Waals surface area contributed by atoms with Crippen LogP contribution in [0.4, 0.5) is 0 Å². The molecule has 104 valence electrons. The second-order valence-corrected chi connectivity index (χ2v) is 6.30. The molecule has 1 saturated carbocycles. The highest BCUT2D eigenvalue weighted by atomic mass is 35.5. The van der Waals surface area contributed by atoms with Crippen molar-refractivity contribution in [2.45, 2.75) is 37.8 Å². The van der Waals surface area contributed by atoms with Gasteiger partial charge in [0.2, 0.25) is 0 Å². The van der Waals surface area contributed by atoms with E-state index < -0.39 is 0 Å². The maximum atomic E-state index is 6.33. The summed E-state index contributed by atoms with van der Waals surface area (Å²) in [5, 5.41) is 4.86. The normalized spacial score (nSPS) is 27.5. The SMILES string of the molecule is Clc1cccc(C2OCCCC2CNC2CC2)c1Cl. The van der Waals surface area contributed by atoms with Crippen molar-refractivity contribution in [3.63, 3.8) is 0 Å². The maximum Gasteiger partial charge on any atom is 0.0880 e. The molecule has 4 heteroatoms. The van der Waals surface area contributed by atoms with E-state index in [0.29, 0.717) is 16.0 Å². The number of halogens is 2. The van der Waals surface area contributed by atoms with E-state index in [1.807, 2.05) is 18.2 Å². The van der Waals surface area contributed by atoms with Crippen molar-refractivity contribution in [2.24, 2.45) is 5.92 Å². The van der Waals surface area contributed by atoms with Crippen LogP contribution in [-0.2, 0) is 4.74 Å². The Morgan fingerprint density at radius 3 is 2.84 bits per heavy atom. The summed E-state index contributed by atoms with van der Waals surface area (Å²) < 4.78 is 5.98. The van der Waals surface area contributed by atoms with E-state index in [1.165, 1.54) is 19.3 Å². The summed E-state index contributed by atoms with van der Waals surface area (Å²) in [6.07, 6.45) is 5.02. The van der Waals surface area contributed by atoms with Crippen LogP contribution >= 0.6 is 23.2 Å². The number of rotatable bonds is 4. The highest BCUT2D eigenvalue weighted by Gasteiger charge is 2.31. The van der Waals surface area contributed by atoms with Crippen molar-refractivity contribution in [1.82, 2.24) is 5.32 Å². The monoisotopic (exact) mass is 299 g/mol. The lowest BCUT2D eigenvalue weighted by atomic mass is 9.89. The van der Waals surface area contributed by atoms with Crippen LogP contribution in [0.15, 0.2) is 18.2 Å². The molecular formula is C15H19Cl2NO. The highest BCUT2D eigenvalue weighted by Crippen LogP contribution is 2.39. The minimum absolute atomic E-state index is 0.0752. The summed E-state index contributed by atoms with van der Waals surface area (Å²) in [5.41, 5.74) is 1.04. The average Bonchev–Trinajstić information content (AvgIpc) is 3.24. The quantitative estimate of drug-likeness (QED) is 0.899. The van der Waals surface area contributed by atoms with Gasteiger partial charge in [-0.05, 0) is 31.7 Å². The van der Waals surface area contributed by atoms with Crippen LogP contribution < -0.4 is 5.32 Å². The largest absolute Gasteiger partial charge is 0.373 e. The molecule has 2 nitrogen and oxygen atoms in total. The molecule has 0 radical (unpaired) electrons. The number of hydrogen-bond donors (Lipinski definition) is 1. The van der Waals surface area contributed by atoms with Crippen molar-refractivity contribution < 1.29 is 4.74 Å². The van der Waals surface area contributed by atoms with Gasteiger partial charge in [0.25, 0.3) is 0 Å².